The molecule has 0 aliphatic carbocycles. The van der Waals surface area contributed by atoms with Crippen LogP contribution in [0.1, 0.15) is 27.9 Å². The number of ether oxygens (including phenoxy) is 3. The minimum Gasteiger partial charge on any atom is -0.490 e. The number of benzene rings is 3. The molecule has 1 heterocycles. The highest BCUT2D eigenvalue weighted by atomic mass is 16.5. The predicted molar refractivity (Wildman–Crippen MR) is 110 cm³/mol. The molecule has 1 aliphatic heterocycles. The largest absolute Gasteiger partial charge is 0.490 e. The van der Waals surface area contributed by atoms with Crippen LogP contribution in [0, 0.1) is 0 Å². The van der Waals surface area contributed by atoms with Gasteiger partial charge in [0, 0.05) is 18.5 Å². The van der Waals surface area contributed by atoms with Gasteiger partial charge in [0.2, 0.25) is 0 Å². The maximum atomic E-state index is 12.4. The van der Waals surface area contributed by atoms with E-state index in [0.29, 0.717) is 31.9 Å². The summed E-state index contributed by atoms with van der Waals surface area (Å²) in [5.74, 6) is 2.08. The molecule has 0 fully saturated rings. The Kier molecular flexibility index (Phi) is 5.95. The molecule has 5 heteroatoms. The summed E-state index contributed by atoms with van der Waals surface area (Å²) in [6.07, 6.45) is 0.867. The van der Waals surface area contributed by atoms with Gasteiger partial charge >= 0.3 is 0 Å². The van der Waals surface area contributed by atoms with Crippen molar-refractivity contribution in [1.82, 2.24) is 5.32 Å². The third kappa shape index (κ3) is 5.08. The highest BCUT2D eigenvalue weighted by Gasteiger charge is 2.11. The van der Waals surface area contributed by atoms with Gasteiger partial charge in [0.05, 0.1) is 13.2 Å². The maximum Gasteiger partial charge on any atom is 0.251 e. The van der Waals surface area contributed by atoms with Gasteiger partial charge in [-0.3, -0.25) is 4.79 Å². The van der Waals surface area contributed by atoms with Gasteiger partial charge in [-0.2, -0.15) is 0 Å². The van der Waals surface area contributed by atoms with Crippen molar-refractivity contribution in [2.75, 3.05) is 13.2 Å². The zero-order valence-corrected chi connectivity index (χ0v) is 16.1. The van der Waals surface area contributed by atoms with Crippen LogP contribution < -0.4 is 19.5 Å². The number of carbonyl (C=O) groups excluding carboxylic acids is 1. The van der Waals surface area contributed by atoms with Gasteiger partial charge < -0.3 is 19.5 Å². The summed E-state index contributed by atoms with van der Waals surface area (Å²) in [6.45, 7) is 2.22. The first-order chi connectivity index (χ1) is 14.3. The average Bonchev–Trinajstić information content (AvgIpc) is 3.02. The first kappa shape index (κ1) is 18.9. The van der Waals surface area contributed by atoms with Crippen LogP contribution in [0.4, 0.5) is 0 Å². The third-order valence-corrected chi connectivity index (χ3v) is 4.63. The van der Waals surface area contributed by atoms with Crippen LogP contribution in [-0.4, -0.2) is 19.1 Å². The first-order valence-electron chi connectivity index (χ1n) is 9.71. The Morgan fingerprint density at radius 3 is 2.41 bits per heavy atom. The molecule has 0 spiro atoms. The van der Waals surface area contributed by atoms with Crippen LogP contribution in [-0.2, 0) is 13.2 Å². The lowest BCUT2D eigenvalue weighted by Gasteiger charge is -2.11. The van der Waals surface area contributed by atoms with Crippen molar-refractivity contribution in [3.8, 4) is 17.2 Å². The fourth-order valence-electron chi connectivity index (χ4n) is 3.05. The van der Waals surface area contributed by atoms with Crippen molar-refractivity contribution in [3.63, 3.8) is 0 Å². The molecule has 1 N–H and O–H groups in total. The van der Waals surface area contributed by atoms with E-state index in [1.54, 1.807) is 12.1 Å². The van der Waals surface area contributed by atoms with E-state index in [0.717, 1.165) is 34.8 Å². The molecular weight excluding hydrogens is 366 g/mol. The van der Waals surface area contributed by atoms with E-state index in [1.807, 2.05) is 60.7 Å². The Hall–Kier alpha value is -3.47. The monoisotopic (exact) mass is 389 g/mol. The van der Waals surface area contributed by atoms with E-state index in [2.05, 4.69) is 5.32 Å². The van der Waals surface area contributed by atoms with Gasteiger partial charge in [-0.15, -0.1) is 0 Å². The molecule has 1 amide bonds. The van der Waals surface area contributed by atoms with E-state index in [1.165, 1.54) is 0 Å². The number of fused-ring (bicyclic) bond motifs is 1. The van der Waals surface area contributed by atoms with Gasteiger partial charge in [0.1, 0.15) is 12.4 Å². The van der Waals surface area contributed by atoms with Crippen LogP contribution in [0.3, 0.4) is 0 Å². The maximum absolute atomic E-state index is 12.4. The number of rotatable bonds is 6. The summed E-state index contributed by atoms with van der Waals surface area (Å²) in [7, 11) is 0. The molecule has 5 nitrogen and oxygen atoms in total. The highest BCUT2D eigenvalue weighted by molar-refractivity contribution is 5.94. The topological polar surface area (TPSA) is 56.8 Å². The van der Waals surface area contributed by atoms with Crippen molar-refractivity contribution in [2.45, 2.75) is 19.6 Å². The molecule has 0 bridgehead atoms. The summed E-state index contributed by atoms with van der Waals surface area (Å²) in [5, 5.41) is 2.94. The zero-order chi connectivity index (χ0) is 19.9. The quantitative estimate of drug-likeness (QED) is 0.681. The van der Waals surface area contributed by atoms with E-state index in [9.17, 15) is 4.79 Å². The molecule has 0 aromatic heterocycles. The van der Waals surface area contributed by atoms with Crippen molar-refractivity contribution in [3.05, 3.63) is 89.5 Å². The van der Waals surface area contributed by atoms with E-state index in [-0.39, 0.29) is 5.91 Å². The SMILES string of the molecule is O=C(NCc1ccc2c(c1)OCCCO2)c1ccc(OCc2ccccc2)cc1. The first-order valence-corrected chi connectivity index (χ1v) is 9.71. The van der Waals surface area contributed by atoms with Gasteiger partial charge in [-0.25, -0.2) is 0 Å². The van der Waals surface area contributed by atoms with Crippen molar-refractivity contribution >= 4 is 5.91 Å². The smallest absolute Gasteiger partial charge is 0.251 e. The fourth-order valence-corrected chi connectivity index (χ4v) is 3.05. The number of hydrogen-bond donors (Lipinski definition) is 1. The van der Waals surface area contributed by atoms with Crippen molar-refractivity contribution < 1.29 is 19.0 Å². The number of nitrogens with one attached hydrogen (secondary N) is 1. The fraction of sp³-hybridized carbons (Fsp3) is 0.208. The predicted octanol–water partition coefficient (Wildman–Crippen LogP) is 4.36. The van der Waals surface area contributed by atoms with E-state index < -0.39 is 0 Å². The molecule has 4 rings (SSSR count). The lowest BCUT2D eigenvalue weighted by atomic mass is 10.1. The Bertz CT molecular complexity index is 954. The third-order valence-electron chi connectivity index (χ3n) is 4.63. The Labute approximate surface area is 170 Å². The summed E-state index contributed by atoms with van der Waals surface area (Å²) in [5.41, 5.74) is 2.65. The lowest BCUT2D eigenvalue weighted by Crippen LogP contribution is -2.22. The number of amides is 1. The molecule has 29 heavy (non-hydrogen) atoms. The Morgan fingerprint density at radius 1 is 0.862 bits per heavy atom. The summed E-state index contributed by atoms with van der Waals surface area (Å²) < 4.78 is 17.1. The van der Waals surface area contributed by atoms with Gasteiger partial charge in [0.15, 0.2) is 11.5 Å². The number of hydrogen-bond acceptors (Lipinski definition) is 4. The second-order valence-corrected chi connectivity index (χ2v) is 6.81. The molecule has 0 saturated heterocycles. The van der Waals surface area contributed by atoms with Crippen LogP contribution in [0.15, 0.2) is 72.8 Å². The molecular formula is C24H23NO4. The molecule has 0 radical (unpaired) electrons. The van der Waals surface area contributed by atoms with Crippen LogP contribution in [0.5, 0.6) is 17.2 Å². The van der Waals surface area contributed by atoms with Gasteiger partial charge in [-0.1, -0.05) is 36.4 Å². The molecule has 3 aromatic rings. The molecule has 3 aromatic carbocycles. The average molecular weight is 389 g/mol. The molecule has 0 atom stereocenters. The Balaban J connectivity index is 1.31. The van der Waals surface area contributed by atoms with Crippen molar-refractivity contribution in [2.24, 2.45) is 0 Å². The summed E-state index contributed by atoms with van der Waals surface area (Å²) >= 11 is 0. The van der Waals surface area contributed by atoms with Crippen molar-refractivity contribution in [1.29, 1.82) is 0 Å². The normalized spacial score (nSPS) is 12.7. The second kappa shape index (κ2) is 9.15. The molecule has 0 unspecified atom stereocenters. The summed E-state index contributed by atoms with van der Waals surface area (Å²) in [6, 6.07) is 22.9. The zero-order valence-electron chi connectivity index (χ0n) is 16.1. The molecule has 1 aliphatic rings. The summed E-state index contributed by atoms with van der Waals surface area (Å²) in [4.78, 5) is 12.4. The number of carbonyl (C=O) groups is 1. The van der Waals surface area contributed by atoms with Crippen LogP contribution >= 0.6 is 0 Å². The highest BCUT2D eigenvalue weighted by Crippen LogP contribution is 2.30. The van der Waals surface area contributed by atoms with Gasteiger partial charge in [0.25, 0.3) is 5.91 Å². The molecule has 0 saturated carbocycles. The van der Waals surface area contributed by atoms with Gasteiger partial charge in [-0.05, 0) is 47.5 Å². The van der Waals surface area contributed by atoms with Crippen LogP contribution in [0.25, 0.3) is 0 Å². The second-order valence-electron chi connectivity index (χ2n) is 6.81. The standard InChI is InChI=1S/C24H23NO4/c26-24(25-16-19-7-12-22-23(15-19)28-14-4-13-27-22)20-8-10-21(11-9-20)29-17-18-5-2-1-3-6-18/h1-3,5-12,15H,4,13-14,16-17H2,(H,25,26). The van der Waals surface area contributed by atoms with E-state index >= 15 is 0 Å². The minimum absolute atomic E-state index is 0.133. The minimum atomic E-state index is -0.133. The van der Waals surface area contributed by atoms with Crippen LogP contribution in [0.2, 0.25) is 0 Å². The lowest BCUT2D eigenvalue weighted by molar-refractivity contribution is 0.0951. The van der Waals surface area contributed by atoms with E-state index in [4.69, 9.17) is 14.2 Å². The molecule has 148 valence electrons. The Morgan fingerprint density at radius 2 is 1.62 bits per heavy atom.